The van der Waals surface area contributed by atoms with E-state index in [0.29, 0.717) is 12.1 Å². The minimum absolute atomic E-state index is 0.113. The molecule has 0 heterocycles. The highest BCUT2D eigenvalue weighted by Gasteiger charge is 2.36. The van der Waals surface area contributed by atoms with E-state index in [4.69, 9.17) is 4.74 Å². The molecule has 28 heavy (non-hydrogen) atoms. The molecule has 0 aromatic heterocycles. The van der Waals surface area contributed by atoms with Crippen LogP contribution >= 0.6 is 0 Å². The fraction of sp³-hybridized carbons (Fsp3) is 0.381. The van der Waals surface area contributed by atoms with E-state index in [2.05, 4.69) is 5.32 Å². The summed E-state index contributed by atoms with van der Waals surface area (Å²) in [6.45, 7) is 3.74. The second kappa shape index (κ2) is 9.59. The highest BCUT2D eigenvalue weighted by Crippen LogP contribution is 2.38. The maximum Gasteiger partial charge on any atom is 0.416 e. The van der Waals surface area contributed by atoms with Crippen LogP contribution in [0.25, 0.3) is 0 Å². The van der Waals surface area contributed by atoms with Crippen LogP contribution in [0.15, 0.2) is 48.5 Å². The van der Waals surface area contributed by atoms with Crippen LogP contribution in [0, 0.1) is 0 Å². The van der Waals surface area contributed by atoms with Crippen LogP contribution < -0.4 is 5.32 Å². The summed E-state index contributed by atoms with van der Waals surface area (Å²) in [5.74, 6) is 0. The number of alkyl halides is 3. The molecule has 4 nitrogen and oxygen atoms in total. The number of ether oxygens (including phenoxy) is 1. The van der Waals surface area contributed by atoms with E-state index in [9.17, 15) is 23.1 Å². The number of halogens is 3. The van der Waals surface area contributed by atoms with Crippen molar-refractivity contribution in [2.75, 3.05) is 6.54 Å². The molecule has 0 saturated carbocycles. The SMILES string of the molecule is CCCCNC(=O)OC(C)c1ccc(C(O)c2ccccc2)cc1C(F)(F)F. The van der Waals surface area contributed by atoms with Crippen molar-refractivity contribution in [2.24, 2.45) is 0 Å². The zero-order valence-electron chi connectivity index (χ0n) is 15.8. The first-order valence-corrected chi connectivity index (χ1v) is 9.12. The van der Waals surface area contributed by atoms with Crippen LogP contribution in [0.3, 0.4) is 0 Å². The van der Waals surface area contributed by atoms with Crippen molar-refractivity contribution in [1.29, 1.82) is 0 Å². The summed E-state index contributed by atoms with van der Waals surface area (Å²) in [6, 6.07) is 12.0. The predicted molar refractivity (Wildman–Crippen MR) is 99.8 cm³/mol. The second-order valence-electron chi connectivity index (χ2n) is 6.49. The molecule has 2 N–H and O–H groups in total. The van der Waals surface area contributed by atoms with Gasteiger partial charge in [0.15, 0.2) is 0 Å². The maximum atomic E-state index is 13.6. The molecule has 0 aliphatic carbocycles. The largest absolute Gasteiger partial charge is 0.442 e. The Labute approximate surface area is 162 Å². The molecule has 1 amide bonds. The summed E-state index contributed by atoms with van der Waals surface area (Å²) < 4.78 is 45.9. The maximum absolute atomic E-state index is 13.6. The molecule has 2 unspecified atom stereocenters. The lowest BCUT2D eigenvalue weighted by Crippen LogP contribution is -2.27. The summed E-state index contributed by atoms with van der Waals surface area (Å²) in [4.78, 5) is 11.8. The second-order valence-corrected chi connectivity index (χ2v) is 6.49. The van der Waals surface area contributed by atoms with Crippen LogP contribution in [-0.4, -0.2) is 17.7 Å². The fourth-order valence-corrected chi connectivity index (χ4v) is 2.80. The molecule has 7 heteroatoms. The number of carbonyl (C=O) groups is 1. The van der Waals surface area contributed by atoms with Crippen molar-refractivity contribution in [2.45, 2.75) is 45.1 Å². The number of rotatable bonds is 7. The fourth-order valence-electron chi connectivity index (χ4n) is 2.80. The normalized spacial score (nSPS) is 13.6. The van der Waals surface area contributed by atoms with E-state index in [1.165, 1.54) is 19.1 Å². The van der Waals surface area contributed by atoms with Gasteiger partial charge >= 0.3 is 12.3 Å². The molecule has 0 spiro atoms. The van der Waals surface area contributed by atoms with Crippen molar-refractivity contribution in [3.05, 3.63) is 70.8 Å². The predicted octanol–water partition coefficient (Wildman–Crippen LogP) is 5.37. The lowest BCUT2D eigenvalue weighted by molar-refractivity contribution is -0.139. The number of aliphatic hydroxyl groups excluding tert-OH is 1. The van der Waals surface area contributed by atoms with Crippen LogP contribution in [0.4, 0.5) is 18.0 Å². The Morgan fingerprint density at radius 3 is 2.43 bits per heavy atom. The van der Waals surface area contributed by atoms with Gasteiger partial charge in [-0.3, -0.25) is 0 Å². The van der Waals surface area contributed by atoms with Gasteiger partial charge in [-0.15, -0.1) is 0 Å². The van der Waals surface area contributed by atoms with Gasteiger partial charge in [-0.05, 0) is 30.5 Å². The first-order valence-electron chi connectivity index (χ1n) is 9.12. The topological polar surface area (TPSA) is 58.6 Å². The molecule has 0 aliphatic rings. The number of hydrogen-bond donors (Lipinski definition) is 2. The smallest absolute Gasteiger partial charge is 0.416 e. The van der Waals surface area contributed by atoms with Crippen molar-refractivity contribution >= 4 is 6.09 Å². The minimum atomic E-state index is -4.65. The molecule has 0 radical (unpaired) electrons. The Hall–Kier alpha value is -2.54. The average molecular weight is 395 g/mol. The molecule has 0 aliphatic heterocycles. The van der Waals surface area contributed by atoms with E-state index in [-0.39, 0.29) is 11.1 Å². The van der Waals surface area contributed by atoms with Crippen molar-refractivity contribution in [3.8, 4) is 0 Å². The lowest BCUT2D eigenvalue weighted by Gasteiger charge is -2.21. The van der Waals surface area contributed by atoms with Gasteiger partial charge in [-0.25, -0.2) is 4.79 Å². The standard InChI is InChI=1S/C21H24F3NO3/c1-3-4-12-25-20(27)28-14(2)17-11-10-16(13-18(17)21(22,23)24)19(26)15-8-6-5-7-9-15/h5-11,13-14,19,26H,3-4,12H2,1-2H3,(H,25,27). The van der Waals surface area contributed by atoms with Crippen LogP contribution in [0.2, 0.25) is 0 Å². The molecule has 2 aromatic rings. The summed E-state index contributed by atoms with van der Waals surface area (Å²) in [5.41, 5.74) is -0.499. The van der Waals surface area contributed by atoms with Gasteiger partial charge in [0.25, 0.3) is 0 Å². The van der Waals surface area contributed by atoms with Crippen LogP contribution in [0.1, 0.15) is 61.2 Å². The minimum Gasteiger partial charge on any atom is -0.442 e. The molecule has 2 aromatic carbocycles. The molecule has 2 rings (SSSR count). The van der Waals surface area contributed by atoms with E-state index in [1.807, 2.05) is 6.92 Å². The van der Waals surface area contributed by atoms with Crippen LogP contribution in [-0.2, 0) is 10.9 Å². The summed E-state index contributed by atoms with van der Waals surface area (Å²) in [6.07, 6.45) is -6.07. The number of carbonyl (C=O) groups excluding carboxylic acids is 1. The Balaban J connectivity index is 2.26. The third-order valence-corrected chi connectivity index (χ3v) is 4.34. The van der Waals surface area contributed by atoms with Crippen LogP contribution in [0.5, 0.6) is 0 Å². The zero-order valence-corrected chi connectivity index (χ0v) is 15.8. The molecule has 0 bridgehead atoms. The van der Waals surface area contributed by atoms with Gasteiger partial charge < -0.3 is 15.2 Å². The zero-order chi connectivity index (χ0) is 20.7. The first-order chi connectivity index (χ1) is 13.2. The van der Waals surface area contributed by atoms with Crippen molar-refractivity contribution in [1.82, 2.24) is 5.32 Å². The van der Waals surface area contributed by atoms with Crippen molar-refractivity contribution in [3.63, 3.8) is 0 Å². The molecule has 0 saturated heterocycles. The summed E-state index contributed by atoms with van der Waals surface area (Å²) in [7, 11) is 0. The molecular weight excluding hydrogens is 371 g/mol. The number of amides is 1. The Morgan fingerprint density at radius 2 is 1.82 bits per heavy atom. The Kier molecular flexibility index (Phi) is 7.45. The van der Waals surface area contributed by atoms with E-state index in [0.717, 1.165) is 18.9 Å². The highest BCUT2D eigenvalue weighted by molar-refractivity contribution is 5.67. The lowest BCUT2D eigenvalue weighted by atomic mass is 9.95. The Morgan fingerprint density at radius 1 is 1.14 bits per heavy atom. The third-order valence-electron chi connectivity index (χ3n) is 4.34. The number of nitrogens with one attached hydrogen (secondary N) is 1. The molecular formula is C21H24F3NO3. The number of unbranched alkanes of at least 4 members (excludes halogenated alkanes) is 1. The summed E-state index contributed by atoms with van der Waals surface area (Å²) in [5, 5.41) is 12.9. The third kappa shape index (κ3) is 5.73. The Bertz CT molecular complexity index is 778. The summed E-state index contributed by atoms with van der Waals surface area (Å²) >= 11 is 0. The van der Waals surface area contributed by atoms with Gasteiger partial charge in [-0.2, -0.15) is 13.2 Å². The molecule has 0 fully saturated rings. The monoisotopic (exact) mass is 395 g/mol. The van der Waals surface area contributed by atoms with E-state index >= 15 is 0 Å². The van der Waals surface area contributed by atoms with Gasteiger partial charge in [-0.1, -0.05) is 55.8 Å². The highest BCUT2D eigenvalue weighted by atomic mass is 19.4. The van der Waals surface area contributed by atoms with E-state index < -0.39 is 30.0 Å². The van der Waals surface area contributed by atoms with Gasteiger partial charge in [0.2, 0.25) is 0 Å². The number of hydrogen-bond acceptors (Lipinski definition) is 3. The molecule has 152 valence electrons. The first kappa shape index (κ1) is 21.8. The van der Waals surface area contributed by atoms with Gasteiger partial charge in [0.1, 0.15) is 12.2 Å². The number of alkyl carbamates (subject to hydrolysis) is 1. The van der Waals surface area contributed by atoms with Gasteiger partial charge in [0.05, 0.1) is 5.56 Å². The number of aliphatic hydroxyl groups is 1. The van der Waals surface area contributed by atoms with E-state index in [1.54, 1.807) is 30.3 Å². The van der Waals surface area contributed by atoms with Crippen molar-refractivity contribution < 1.29 is 27.8 Å². The quantitative estimate of drug-likeness (QED) is 0.620. The molecule has 2 atom stereocenters. The van der Waals surface area contributed by atoms with Gasteiger partial charge in [0, 0.05) is 12.1 Å². The average Bonchev–Trinajstić information content (AvgIpc) is 2.67. The number of benzene rings is 2.